The normalized spacial score (nSPS) is 13.5. The first-order chi connectivity index (χ1) is 32.9. The molecule has 71 heavy (non-hydrogen) atoms. The minimum atomic E-state index is -0.802. The Hall–Kier alpha value is -5.26. The van der Waals surface area contributed by atoms with Crippen LogP contribution in [0.25, 0.3) is 0 Å². The molecule has 0 spiro atoms. The molecule has 404 valence electrons. The molecule has 6 amide bonds. The van der Waals surface area contributed by atoms with E-state index in [1.54, 1.807) is 96.9 Å². The van der Waals surface area contributed by atoms with Gasteiger partial charge in [0.15, 0.2) is 0 Å². The molecule has 0 saturated heterocycles. The average molecular weight is 1000 g/mol. The zero-order valence-corrected chi connectivity index (χ0v) is 45.9. The lowest BCUT2D eigenvalue weighted by molar-refractivity contribution is -0.124. The Kier molecular flexibility index (Phi) is 28.7. The van der Waals surface area contributed by atoms with E-state index in [0.29, 0.717) is 94.7 Å². The molecular formula is C53H92N8O10. The summed E-state index contributed by atoms with van der Waals surface area (Å²) < 4.78 is 21.5. The van der Waals surface area contributed by atoms with Crippen molar-refractivity contribution in [2.75, 3.05) is 38.5 Å². The Balaban J connectivity index is 2.91. The molecule has 0 aliphatic heterocycles. The minimum absolute atomic E-state index is 0.298. The lowest BCUT2D eigenvalue weighted by Crippen LogP contribution is -2.48. The molecule has 1 rings (SSSR count). The number of aryl methyl sites for hydroxylation is 1. The predicted molar refractivity (Wildman–Crippen MR) is 282 cm³/mol. The maximum absolute atomic E-state index is 13.5. The molecule has 0 aliphatic carbocycles. The molecule has 6 N–H and O–H groups in total. The number of carbonyl (C=O) groups is 6. The number of hydrogen-bond acceptors (Lipinski definition) is 12. The van der Waals surface area contributed by atoms with Crippen LogP contribution in [0.3, 0.4) is 0 Å². The van der Waals surface area contributed by atoms with E-state index in [0.717, 1.165) is 45.1 Å². The molecule has 0 aromatic heterocycles. The van der Waals surface area contributed by atoms with Crippen molar-refractivity contribution in [2.45, 2.75) is 221 Å². The molecule has 18 heteroatoms. The highest BCUT2D eigenvalue weighted by molar-refractivity contribution is 5.92. The smallest absolute Gasteiger partial charge is 0.434 e. The highest BCUT2D eigenvalue weighted by atomic mass is 16.6. The largest absolute Gasteiger partial charge is 0.444 e. The van der Waals surface area contributed by atoms with E-state index in [1.807, 2.05) is 24.3 Å². The molecule has 0 bridgehead atoms. The van der Waals surface area contributed by atoms with Crippen molar-refractivity contribution >= 4 is 53.3 Å². The van der Waals surface area contributed by atoms with Crippen LogP contribution in [0.15, 0.2) is 34.3 Å². The number of anilines is 1. The lowest BCUT2D eigenvalue weighted by atomic mass is 10.1. The number of nitrogens with zero attached hydrogens (tertiary/aromatic N) is 3. The number of rotatable bonds is 28. The van der Waals surface area contributed by atoms with Gasteiger partial charge in [0.1, 0.15) is 34.5 Å². The first-order valence-corrected chi connectivity index (χ1v) is 25.5. The third-order valence-electron chi connectivity index (χ3n) is 10.2. The van der Waals surface area contributed by atoms with Crippen molar-refractivity contribution in [1.82, 2.24) is 26.2 Å². The number of amides is 6. The maximum atomic E-state index is 13.5. The molecular weight excluding hydrogens is 909 g/mol. The van der Waals surface area contributed by atoms with Gasteiger partial charge in [0.2, 0.25) is 11.8 Å². The number of carbonyl (C=O) groups excluding carboxylic acids is 6. The van der Waals surface area contributed by atoms with Crippen molar-refractivity contribution in [1.29, 1.82) is 0 Å². The second-order valence-corrected chi connectivity index (χ2v) is 22.2. The number of ether oxygens (including phenoxy) is 4. The van der Waals surface area contributed by atoms with Crippen molar-refractivity contribution in [3.8, 4) is 0 Å². The first-order valence-electron chi connectivity index (χ1n) is 25.5. The molecule has 0 aliphatic rings. The standard InChI is InChI=1S/C53H92N8O10/c1-38(57-46(64)68-50(3,4)5)24-17-15-19-27-42(59-48(66)70-52(9,10)11)44(62)55-33-22-36-61(35-21-26-40-29-31-41(54)32-30-40)37-23-34-56-45(63)43(60-49(67)71-53(12,13)14)28-20-16-18-25-39(2)58-47(65)69-51(6,7)8/h29-32,42-43H,15-28,33-37,54H2,1-14H3,(H,55,62)(H,56,63)(H,59,66)(H,60,67)/t42-,43-/m0/s1. The first kappa shape index (κ1) is 63.8. The van der Waals surface area contributed by atoms with Gasteiger partial charge in [-0.05, 0) is 198 Å². The minimum Gasteiger partial charge on any atom is -0.444 e. The highest BCUT2D eigenvalue weighted by Crippen LogP contribution is 2.15. The lowest BCUT2D eigenvalue weighted by Gasteiger charge is -2.25. The average Bonchev–Trinajstić information content (AvgIpc) is 3.20. The number of alkyl carbamates (subject to hydrolysis) is 2. The highest BCUT2D eigenvalue weighted by Gasteiger charge is 2.26. The Morgan fingerprint density at radius 3 is 1.25 bits per heavy atom. The van der Waals surface area contributed by atoms with Crippen LogP contribution in [-0.2, 0) is 35.0 Å². The molecule has 1 aromatic rings. The summed E-state index contributed by atoms with van der Waals surface area (Å²) in [5, 5.41) is 11.6. The molecule has 0 unspecified atom stereocenters. The number of aliphatic imine (C=N–C) groups is 2. The predicted octanol–water partition coefficient (Wildman–Crippen LogP) is 10.00. The van der Waals surface area contributed by atoms with E-state index < -0.39 is 58.9 Å². The van der Waals surface area contributed by atoms with Gasteiger partial charge in [0.25, 0.3) is 0 Å². The van der Waals surface area contributed by atoms with Crippen LogP contribution in [0.1, 0.15) is 186 Å². The van der Waals surface area contributed by atoms with Crippen LogP contribution < -0.4 is 27.0 Å². The van der Waals surface area contributed by atoms with Crippen LogP contribution in [0.5, 0.6) is 0 Å². The zero-order chi connectivity index (χ0) is 53.8. The van der Waals surface area contributed by atoms with Crippen molar-refractivity contribution in [2.24, 2.45) is 9.98 Å². The van der Waals surface area contributed by atoms with Gasteiger partial charge >= 0.3 is 24.4 Å². The van der Waals surface area contributed by atoms with Gasteiger partial charge < -0.3 is 50.8 Å². The Morgan fingerprint density at radius 2 is 0.887 bits per heavy atom. The summed E-state index contributed by atoms with van der Waals surface area (Å²) in [5.41, 5.74) is 6.40. The fourth-order valence-electron chi connectivity index (χ4n) is 7.04. The van der Waals surface area contributed by atoms with Gasteiger partial charge in [-0.3, -0.25) is 9.59 Å². The van der Waals surface area contributed by atoms with Crippen LogP contribution in [0.4, 0.5) is 24.9 Å². The van der Waals surface area contributed by atoms with E-state index in [4.69, 9.17) is 24.7 Å². The van der Waals surface area contributed by atoms with Crippen molar-refractivity contribution in [3.63, 3.8) is 0 Å². The van der Waals surface area contributed by atoms with Crippen LogP contribution in [0.2, 0.25) is 0 Å². The number of unbranched alkanes of at least 4 members (excludes halogenated alkanes) is 4. The second kappa shape index (κ2) is 31.9. The Labute approximate surface area is 425 Å². The molecule has 0 saturated carbocycles. The molecule has 2 atom stereocenters. The summed E-state index contributed by atoms with van der Waals surface area (Å²) >= 11 is 0. The second-order valence-electron chi connectivity index (χ2n) is 22.2. The van der Waals surface area contributed by atoms with E-state index in [9.17, 15) is 28.8 Å². The Bertz CT molecular complexity index is 1750. The van der Waals surface area contributed by atoms with E-state index >= 15 is 0 Å². The topological polar surface area (TPSA) is 241 Å². The molecule has 0 fully saturated rings. The van der Waals surface area contributed by atoms with Gasteiger partial charge in [-0.25, -0.2) is 19.2 Å². The van der Waals surface area contributed by atoms with Gasteiger partial charge in [-0.1, -0.05) is 37.8 Å². The monoisotopic (exact) mass is 1000 g/mol. The van der Waals surface area contributed by atoms with Crippen LogP contribution >= 0.6 is 0 Å². The summed E-state index contributed by atoms with van der Waals surface area (Å²) in [6.07, 6.45) is 6.75. The van der Waals surface area contributed by atoms with E-state index in [1.165, 1.54) is 5.56 Å². The number of nitrogen functional groups attached to an aromatic ring is 1. The van der Waals surface area contributed by atoms with Crippen molar-refractivity contribution in [3.05, 3.63) is 29.8 Å². The summed E-state index contributed by atoms with van der Waals surface area (Å²) in [4.78, 5) is 87.2. The summed E-state index contributed by atoms with van der Waals surface area (Å²) in [6, 6.07) is 6.23. The number of benzene rings is 1. The van der Waals surface area contributed by atoms with Gasteiger partial charge in [-0.15, -0.1) is 0 Å². The zero-order valence-electron chi connectivity index (χ0n) is 45.9. The third-order valence-corrected chi connectivity index (χ3v) is 10.2. The van der Waals surface area contributed by atoms with Crippen LogP contribution in [0, 0.1) is 0 Å². The fourth-order valence-corrected chi connectivity index (χ4v) is 7.04. The maximum Gasteiger partial charge on any atom is 0.434 e. The van der Waals surface area contributed by atoms with E-state index in [2.05, 4.69) is 36.2 Å². The molecule has 0 heterocycles. The van der Waals surface area contributed by atoms with Crippen LogP contribution in [-0.4, -0.2) is 120 Å². The quantitative estimate of drug-likeness (QED) is 0.0228. The summed E-state index contributed by atoms with van der Waals surface area (Å²) in [5.74, 6) is -0.597. The van der Waals surface area contributed by atoms with E-state index in [-0.39, 0.29) is 11.8 Å². The number of nitrogens with two attached hydrogens (primary N) is 1. The van der Waals surface area contributed by atoms with Crippen molar-refractivity contribution < 1.29 is 47.7 Å². The molecule has 1 aromatic carbocycles. The fraction of sp³-hybridized carbons (Fsp3) is 0.736. The third kappa shape index (κ3) is 35.5. The summed E-state index contributed by atoms with van der Waals surface area (Å²) in [6.45, 7) is 27.8. The summed E-state index contributed by atoms with van der Waals surface area (Å²) in [7, 11) is 0. The number of hydrogen-bond donors (Lipinski definition) is 5. The SMILES string of the molecule is CC(CCCCC[C@H](NC(=O)OC(C)(C)C)C(=O)NCCCN(CCCNC(=O)[C@H](CCCCCC(C)=NC(=O)OC(C)(C)C)NC(=O)OC(C)(C)C)CCCc1ccc(N)cc1)=NC(=O)OC(C)(C)C. The molecule has 18 nitrogen and oxygen atoms in total. The molecule has 0 radical (unpaired) electrons. The van der Waals surface area contributed by atoms with Gasteiger partial charge in [0, 0.05) is 30.2 Å². The van der Waals surface area contributed by atoms with Gasteiger partial charge in [0.05, 0.1) is 0 Å². The Morgan fingerprint density at radius 1 is 0.521 bits per heavy atom. The number of nitrogens with one attached hydrogen (secondary N) is 4. The van der Waals surface area contributed by atoms with Gasteiger partial charge in [-0.2, -0.15) is 9.98 Å².